The summed E-state index contributed by atoms with van der Waals surface area (Å²) >= 11 is 0. The molecular formula is C21H35IN4O3. The van der Waals surface area contributed by atoms with Gasteiger partial charge in [0, 0.05) is 39.2 Å². The average molecular weight is 518 g/mol. The summed E-state index contributed by atoms with van der Waals surface area (Å²) in [4.78, 5) is 17.9. The average Bonchev–Trinajstić information content (AvgIpc) is 2.68. The minimum absolute atomic E-state index is 0. The number of para-hydroxylation sites is 1. The predicted octanol–water partition coefficient (Wildman–Crippen LogP) is 2.81. The number of benzene rings is 1. The summed E-state index contributed by atoms with van der Waals surface area (Å²) in [6.07, 6.45) is 1.89. The van der Waals surface area contributed by atoms with E-state index in [1.807, 2.05) is 18.2 Å². The first-order valence-electron chi connectivity index (χ1n) is 10.0. The van der Waals surface area contributed by atoms with E-state index in [4.69, 9.17) is 9.47 Å². The van der Waals surface area contributed by atoms with E-state index in [0.29, 0.717) is 31.6 Å². The molecular weight excluding hydrogens is 483 g/mol. The lowest BCUT2D eigenvalue weighted by molar-refractivity contribution is -0.127. The molecule has 1 aliphatic heterocycles. The number of guanidine groups is 1. The molecule has 1 aliphatic rings. The molecule has 1 unspecified atom stereocenters. The number of nitrogens with zero attached hydrogens (tertiary/aromatic N) is 2. The fraction of sp³-hybridized carbons (Fsp3) is 0.619. The van der Waals surface area contributed by atoms with Crippen molar-refractivity contribution in [3.05, 3.63) is 29.8 Å². The van der Waals surface area contributed by atoms with Gasteiger partial charge in [-0.05, 0) is 18.4 Å². The molecule has 1 aromatic carbocycles. The molecule has 1 heterocycles. The summed E-state index contributed by atoms with van der Waals surface area (Å²) in [5, 5.41) is 6.73. The summed E-state index contributed by atoms with van der Waals surface area (Å²) in [5.74, 6) is 2.11. The Morgan fingerprint density at radius 1 is 1.31 bits per heavy atom. The second-order valence-electron chi connectivity index (χ2n) is 7.55. The minimum Gasteiger partial charge on any atom is -0.493 e. The van der Waals surface area contributed by atoms with E-state index in [1.54, 1.807) is 19.0 Å². The number of carbonyl (C=O) groups is 1. The van der Waals surface area contributed by atoms with E-state index in [9.17, 15) is 4.79 Å². The number of likely N-dealkylation sites (N-methyl/N-ethyl adjacent to an activating group) is 1. The summed E-state index contributed by atoms with van der Waals surface area (Å²) in [6.45, 7) is 7.10. The number of fused-ring (bicyclic) bond motifs is 1. The lowest BCUT2D eigenvalue weighted by atomic mass is 10.0. The lowest BCUT2D eigenvalue weighted by Crippen LogP contribution is -2.43. The maximum Gasteiger partial charge on any atom is 0.243 e. The molecule has 7 nitrogen and oxygen atoms in total. The van der Waals surface area contributed by atoms with Gasteiger partial charge in [-0.1, -0.05) is 32.0 Å². The van der Waals surface area contributed by atoms with Crippen LogP contribution in [0.5, 0.6) is 5.75 Å². The van der Waals surface area contributed by atoms with Crippen molar-refractivity contribution in [3.63, 3.8) is 0 Å². The zero-order chi connectivity index (χ0) is 20.4. The highest BCUT2D eigenvalue weighted by molar-refractivity contribution is 14.0. The van der Waals surface area contributed by atoms with Gasteiger partial charge in [0.25, 0.3) is 0 Å². The first-order valence-corrected chi connectivity index (χ1v) is 10.0. The van der Waals surface area contributed by atoms with Crippen molar-refractivity contribution in [2.45, 2.75) is 32.7 Å². The smallest absolute Gasteiger partial charge is 0.243 e. The number of aliphatic imine (C=N–C) groups is 1. The number of amides is 1. The molecule has 1 amide bonds. The zero-order valence-corrected chi connectivity index (χ0v) is 20.3. The van der Waals surface area contributed by atoms with E-state index in [0.717, 1.165) is 30.8 Å². The third-order valence-corrected chi connectivity index (χ3v) is 4.52. The van der Waals surface area contributed by atoms with E-state index < -0.39 is 0 Å². The van der Waals surface area contributed by atoms with Crippen molar-refractivity contribution < 1.29 is 14.3 Å². The van der Waals surface area contributed by atoms with Crippen LogP contribution in [0.2, 0.25) is 0 Å². The van der Waals surface area contributed by atoms with Gasteiger partial charge >= 0.3 is 0 Å². The van der Waals surface area contributed by atoms with Gasteiger partial charge in [-0.25, -0.2) is 4.99 Å². The summed E-state index contributed by atoms with van der Waals surface area (Å²) in [7, 11) is 3.46. The number of nitrogens with one attached hydrogen (secondary N) is 2. The molecule has 164 valence electrons. The Kier molecular flexibility index (Phi) is 12.0. The zero-order valence-electron chi connectivity index (χ0n) is 17.9. The van der Waals surface area contributed by atoms with E-state index in [2.05, 4.69) is 35.5 Å². The SMILES string of the molecule is CC(C)CCOCCNC(=NCC(=O)N(C)C)NC1CCOc2ccccc21.I. The number of carbonyl (C=O) groups excluding carboxylic acids is 1. The van der Waals surface area contributed by atoms with Crippen LogP contribution in [0, 0.1) is 5.92 Å². The first-order chi connectivity index (χ1) is 13.5. The molecule has 1 atom stereocenters. The van der Waals surface area contributed by atoms with Crippen LogP contribution in [0.25, 0.3) is 0 Å². The van der Waals surface area contributed by atoms with Crippen molar-refractivity contribution in [1.82, 2.24) is 15.5 Å². The molecule has 8 heteroatoms. The van der Waals surface area contributed by atoms with Crippen LogP contribution < -0.4 is 15.4 Å². The van der Waals surface area contributed by atoms with Crippen LogP contribution in [0.3, 0.4) is 0 Å². The standard InChI is InChI=1S/C21H34N4O3.HI/c1-16(2)9-12-27-14-11-22-21(23-15-20(26)25(3)4)24-18-10-13-28-19-8-6-5-7-17(18)19;/h5-8,16,18H,9-15H2,1-4H3,(H2,22,23,24);1H. The maximum absolute atomic E-state index is 11.9. The van der Waals surface area contributed by atoms with Gasteiger partial charge in [-0.3, -0.25) is 4.79 Å². The second kappa shape index (κ2) is 13.6. The molecule has 0 bridgehead atoms. The van der Waals surface area contributed by atoms with Gasteiger partial charge in [0.1, 0.15) is 12.3 Å². The number of hydrogen-bond donors (Lipinski definition) is 2. The summed E-state index contributed by atoms with van der Waals surface area (Å²) < 4.78 is 11.4. The van der Waals surface area contributed by atoms with Crippen molar-refractivity contribution in [2.24, 2.45) is 10.9 Å². The maximum atomic E-state index is 11.9. The van der Waals surface area contributed by atoms with Crippen molar-refractivity contribution >= 4 is 35.8 Å². The molecule has 0 aromatic heterocycles. The number of rotatable bonds is 9. The second-order valence-corrected chi connectivity index (χ2v) is 7.55. The molecule has 0 fully saturated rings. The van der Waals surface area contributed by atoms with Crippen LogP contribution in [0.1, 0.15) is 38.3 Å². The molecule has 2 N–H and O–H groups in total. The van der Waals surface area contributed by atoms with E-state index in [-0.39, 0.29) is 42.5 Å². The fourth-order valence-electron chi connectivity index (χ4n) is 2.76. The van der Waals surface area contributed by atoms with Crippen molar-refractivity contribution in [2.75, 3.05) is 47.0 Å². The highest BCUT2D eigenvalue weighted by Gasteiger charge is 2.22. The Balaban J connectivity index is 0.00000420. The van der Waals surface area contributed by atoms with Gasteiger partial charge in [0.05, 0.1) is 19.3 Å². The van der Waals surface area contributed by atoms with Crippen LogP contribution in [0.15, 0.2) is 29.3 Å². The minimum atomic E-state index is -0.0401. The molecule has 0 radical (unpaired) electrons. The lowest BCUT2D eigenvalue weighted by Gasteiger charge is -2.28. The Morgan fingerprint density at radius 2 is 2.07 bits per heavy atom. The normalized spacial score (nSPS) is 15.8. The van der Waals surface area contributed by atoms with Crippen LogP contribution in [-0.4, -0.2) is 63.8 Å². The number of halogens is 1. The summed E-state index contributed by atoms with van der Waals surface area (Å²) in [5.41, 5.74) is 1.11. The highest BCUT2D eigenvalue weighted by Crippen LogP contribution is 2.31. The molecule has 1 aromatic rings. The predicted molar refractivity (Wildman–Crippen MR) is 127 cm³/mol. The van der Waals surface area contributed by atoms with Crippen LogP contribution >= 0.6 is 24.0 Å². The fourth-order valence-corrected chi connectivity index (χ4v) is 2.76. The third-order valence-electron chi connectivity index (χ3n) is 4.52. The molecule has 29 heavy (non-hydrogen) atoms. The molecule has 0 spiro atoms. The molecule has 0 saturated carbocycles. The molecule has 2 rings (SSSR count). The molecule has 0 saturated heterocycles. The number of hydrogen-bond acceptors (Lipinski definition) is 4. The van der Waals surface area contributed by atoms with Crippen molar-refractivity contribution in [1.29, 1.82) is 0 Å². The van der Waals surface area contributed by atoms with Gasteiger partial charge in [-0.2, -0.15) is 0 Å². The first kappa shape index (κ1) is 25.5. The Morgan fingerprint density at radius 3 is 2.79 bits per heavy atom. The Labute approximate surface area is 191 Å². The molecule has 0 aliphatic carbocycles. The van der Waals surface area contributed by atoms with Crippen LogP contribution in [-0.2, 0) is 9.53 Å². The monoisotopic (exact) mass is 518 g/mol. The van der Waals surface area contributed by atoms with E-state index >= 15 is 0 Å². The van der Waals surface area contributed by atoms with Crippen LogP contribution in [0.4, 0.5) is 0 Å². The third kappa shape index (κ3) is 9.20. The topological polar surface area (TPSA) is 75.2 Å². The van der Waals surface area contributed by atoms with Gasteiger partial charge in [0.2, 0.25) is 5.91 Å². The van der Waals surface area contributed by atoms with Crippen molar-refractivity contribution in [3.8, 4) is 5.75 Å². The van der Waals surface area contributed by atoms with Gasteiger partial charge in [0.15, 0.2) is 5.96 Å². The largest absolute Gasteiger partial charge is 0.493 e. The quantitative estimate of drug-likeness (QED) is 0.228. The highest BCUT2D eigenvalue weighted by atomic mass is 127. The van der Waals surface area contributed by atoms with E-state index in [1.165, 1.54) is 0 Å². The van der Waals surface area contributed by atoms with Gasteiger partial charge in [-0.15, -0.1) is 24.0 Å². The summed E-state index contributed by atoms with van der Waals surface area (Å²) in [6, 6.07) is 8.10. The Bertz CT molecular complexity index is 653. The van der Waals surface area contributed by atoms with Gasteiger partial charge < -0.3 is 25.0 Å². The Hall–Kier alpha value is -1.55. The number of ether oxygens (including phenoxy) is 2.